The molecule has 0 saturated carbocycles. The highest BCUT2D eigenvalue weighted by molar-refractivity contribution is 6.38. The smallest absolute Gasteiger partial charge is 0.329 e. The van der Waals surface area contributed by atoms with Crippen molar-refractivity contribution in [1.82, 2.24) is 10.7 Å². The standard InChI is InChI=1S/C12H11Cl2N3O2/c1-2-6-15-11(18)12(19)17-16-7-8-9(13)4-3-5-10(8)14/h2-5,7H,1,6H2,(H,15,18)(H,17,19)/b16-7+. The fourth-order valence-electron chi connectivity index (χ4n) is 1.09. The molecule has 100 valence electrons. The Morgan fingerprint density at radius 2 is 1.89 bits per heavy atom. The van der Waals surface area contributed by atoms with Crippen molar-refractivity contribution in [3.05, 3.63) is 46.5 Å². The average Bonchev–Trinajstić information content (AvgIpc) is 2.39. The zero-order chi connectivity index (χ0) is 14.3. The molecule has 1 rings (SSSR count). The summed E-state index contributed by atoms with van der Waals surface area (Å²) in [6.45, 7) is 3.61. The summed E-state index contributed by atoms with van der Waals surface area (Å²) in [7, 11) is 0. The molecular formula is C12H11Cl2N3O2. The van der Waals surface area contributed by atoms with Crippen LogP contribution in [0.3, 0.4) is 0 Å². The fraction of sp³-hybridized carbons (Fsp3) is 0.0833. The van der Waals surface area contributed by atoms with E-state index >= 15 is 0 Å². The van der Waals surface area contributed by atoms with Crippen LogP contribution in [0.15, 0.2) is 36.0 Å². The number of nitrogens with zero attached hydrogens (tertiary/aromatic N) is 1. The van der Waals surface area contributed by atoms with Gasteiger partial charge in [-0.3, -0.25) is 9.59 Å². The van der Waals surface area contributed by atoms with Gasteiger partial charge in [0.1, 0.15) is 0 Å². The predicted octanol–water partition coefficient (Wildman–Crippen LogP) is 1.75. The molecular weight excluding hydrogens is 289 g/mol. The molecule has 0 unspecified atom stereocenters. The van der Waals surface area contributed by atoms with Crippen molar-refractivity contribution < 1.29 is 9.59 Å². The molecule has 0 spiro atoms. The number of hydrazone groups is 1. The molecule has 0 fully saturated rings. The van der Waals surface area contributed by atoms with Crippen LogP contribution in [0.5, 0.6) is 0 Å². The van der Waals surface area contributed by atoms with Crippen LogP contribution >= 0.6 is 23.2 Å². The van der Waals surface area contributed by atoms with E-state index in [0.717, 1.165) is 0 Å². The van der Waals surface area contributed by atoms with E-state index in [1.807, 2.05) is 0 Å². The number of nitrogens with one attached hydrogen (secondary N) is 2. The molecule has 0 atom stereocenters. The first-order chi connectivity index (χ1) is 9.06. The molecule has 2 N–H and O–H groups in total. The highest BCUT2D eigenvalue weighted by Crippen LogP contribution is 2.21. The molecule has 0 radical (unpaired) electrons. The largest absolute Gasteiger partial charge is 0.344 e. The lowest BCUT2D eigenvalue weighted by Crippen LogP contribution is -2.37. The normalized spacial score (nSPS) is 10.2. The van der Waals surface area contributed by atoms with Gasteiger partial charge in [0.05, 0.1) is 16.3 Å². The second-order valence-corrected chi connectivity index (χ2v) is 4.15. The van der Waals surface area contributed by atoms with Crippen LogP contribution in [0.25, 0.3) is 0 Å². The molecule has 0 aliphatic heterocycles. The van der Waals surface area contributed by atoms with Crippen molar-refractivity contribution in [3.63, 3.8) is 0 Å². The Labute approximate surface area is 120 Å². The van der Waals surface area contributed by atoms with E-state index in [1.165, 1.54) is 12.3 Å². The van der Waals surface area contributed by atoms with Gasteiger partial charge in [-0.1, -0.05) is 35.3 Å². The van der Waals surface area contributed by atoms with E-state index < -0.39 is 11.8 Å². The molecule has 0 bridgehead atoms. The van der Waals surface area contributed by atoms with Crippen molar-refractivity contribution in [3.8, 4) is 0 Å². The summed E-state index contributed by atoms with van der Waals surface area (Å²) in [5, 5.41) is 6.70. The Balaban J connectivity index is 2.61. The third kappa shape index (κ3) is 4.73. The van der Waals surface area contributed by atoms with Gasteiger partial charge in [-0.15, -0.1) is 6.58 Å². The van der Waals surface area contributed by atoms with Crippen LogP contribution in [-0.4, -0.2) is 24.6 Å². The number of halogens is 2. The highest BCUT2D eigenvalue weighted by atomic mass is 35.5. The summed E-state index contributed by atoms with van der Waals surface area (Å²) >= 11 is 11.8. The minimum Gasteiger partial charge on any atom is -0.344 e. The molecule has 0 aromatic heterocycles. The van der Waals surface area contributed by atoms with Gasteiger partial charge >= 0.3 is 11.8 Å². The lowest BCUT2D eigenvalue weighted by Gasteiger charge is -2.01. The number of rotatable bonds is 4. The average molecular weight is 300 g/mol. The number of benzene rings is 1. The maximum absolute atomic E-state index is 11.3. The lowest BCUT2D eigenvalue weighted by molar-refractivity contribution is -0.139. The number of carbonyl (C=O) groups is 2. The monoisotopic (exact) mass is 299 g/mol. The van der Waals surface area contributed by atoms with Gasteiger partial charge < -0.3 is 5.32 Å². The Kier molecular flexibility index (Phi) is 6.05. The third-order valence-electron chi connectivity index (χ3n) is 1.97. The van der Waals surface area contributed by atoms with Gasteiger partial charge in [0.15, 0.2) is 0 Å². The Hall–Kier alpha value is -1.85. The first-order valence-electron chi connectivity index (χ1n) is 5.22. The minimum absolute atomic E-state index is 0.201. The van der Waals surface area contributed by atoms with Gasteiger partial charge in [0.2, 0.25) is 0 Å². The van der Waals surface area contributed by atoms with E-state index in [2.05, 4.69) is 22.4 Å². The summed E-state index contributed by atoms with van der Waals surface area (Å²) < 4.78 is 0. The summed E-state index contributed by atoms with van der Waals surface area (Å²) in [4.78, 5) is 22.5. The molecule has 0 heterocycles. The molecule has 0 aliphatic carbocycles. The van der Waals surface area contributed by atoms with Crippen molar-refractivity contribution in [1.29, 1.82) is 0 Å². The zero-order valence-electron chi connectivity index (χ0n) is 9.82. The van der Waals surface area contributed by atoms with E-state index in [9.17, 15) is 9.59 Å². The van der Waals surface area contributed by atoms with Crippen LogP contribution in [-0.2, 0) is 9.59 Å². The quantitative estimate of drug-likeness (QED) is 0.385. The maximum atomic E-state index is 11.3. The van der Waals surface area contributed by atoms with Gasteiger partial charge in [-0.05, 0) is 12.1 Å². The molecule has 0 aliphatic rings. The summed E-state index contributed by atoms with van der Waals surface area (Å²) in [5.74, 6) is -1.69. The molecule has 1 aromatic carbocycles. The molecule has 2 amide bonds. The van der Waals surface area contributed by atoms with E-state index in [4.69, 9.17) is 23.2 Å². The number of carbonyl (C=O) groups excluding carboxylic acids is 2. The number of hydrogen-bond donors (Lipinski definition) is 2. The van der Waals surface area contributed by atoms with E-state index in [0.29, 0.717) is 15.6 Å². The molecule has 1 aromatic rings. The second kappa shape index (κ2) is 7.56. The van der Waals surface area contributed by atoms with E-state index in [-0.39, 0.29) is 6.54 Å². The fourth-order valence-corrected chi connectivity index (χ4v) is 1.58. The van der Waals surface area contributed by atoms with Crippen LogP contribution in [0.1, 0.15) is 5.56 Å². The maximum Gasteiger partial charge on any atom is 0.329 e. The van der Waals surface area contributed by atoms with Gasteiger partial charge in [-0.2, -0.15) is 5.10 Å². The summed E-state index contributed by atoms with van der Waals surface area (Å²) in [5.41, 5.74) is 2.52. The van der Waals surface area contributed by atoms with E-state index in [1.54, 1.807) is 18.2 Å². The Morgan fingerprint density at radius 3 is 2.47 bits per heavy atom. The van der Waals surface area contributed by atoms with Gasteiger partial charge in [0, 0.05) is 12.1 Å². The summed E-state index contributed by atoms with van der Waals surface area (Å²) in [6, 6.07) is 4.95. The predicted molar refractivity (Wildman–Crippen MR) is 75.4 cm³/mol. The summed E-state index contributed by atoms with van der Waals surface area (Å²) in [6.07, 6.45) is 2.72. The van der Waals surface area contributed by atoms with Gasteiger partial charge in [-0.25, -0.2) is 5.43 Å². The van der Waals surface area contributed by atoms with Crippen LogP contribution in [0.4, 0.5) is 0 Å². The topological polar surface area (TPSA) is 70.6 Å². The SMILES string of the molecule is C=CCNC(=O)C(=O)N/N=C/c1c(Cl)cccc1Cl. The minimum atomic E-state index is -0.888. The van der Waals surface area contributed by atoms with Crippen molar-refractivity contribution >= 4 is 41.2 Å². The highest BCUT2D eigenvalue weighted by Gasteiger charge is 2.10. The number of amides is 2. The van der Waals surface area contributed by atoms with Crippen LogP contribution in [0, 0.1) is 0 Å². The van der Waals surface area contributed by atoms with Crippen LogP contribution < -0.4 is 10.7 Å². The van der Waals surface area contributed by atoms with Gasteiger partial charge in [0.25, 0.3) is 0 Å². The second-order valence-electron chi connectivity index (χ2n) is 3.33. The lowest BCUT2D eigenvalue weighted by atomic mass is 10.2. The zero-order valence-corrected chi connectivity index (χ0v) is 11.3. The first kappa shape index (κ1) is 15.2. The molecule has 19 heavy (non-hydrogen) atoms. The van der Waals surface area contributed by atoms with Crippen LogP contribution in [0.2, 0.25) is 10.0 Å². The van der Waals surface area contributed by atoms with Crippen molar-refractivity contribution in [2.24, 2.45) is 5.10 Å². The van der Waals surface area contributed by atoms with Crippen molar-refractivity contribution in [2.45, 2.75) is 0 Å². The Bertz CT molecular complexity index is 509. The first-order valence-corrected chi connectivity index (χ1v) is 5.98. The number of hydrogen-bond acceptors (Lipinski definition) is 3. The molecule has 0 saturated heterocycles. The third-order valence-corrected chi connectivity index (χ3v) is 2.63. The molecule has 7 heteroatoms. The molecule has 5 nitrogen and oxygen atoms in total. The Morgan fingerprint density at radius 1 is 1.26 bits per heavy atom. The van der Waals surface area contributed by atoms with Crippen molar-refractivity contribution in [2.75, 3.05) is 6.54 Å².